The molecule has 0 radical (unpaired) electrons. The molecule has 31 heavy (non-hydrogen) atoms. The number of carbonyl (C=O) groups excluding carboxylic acids is 1. The minimum Gasteiger partial charge on any atom is -0.325 e. The van der Waals surface area contributed by atoms with E-state index in [-0.39, 0.29) is 11.3 Å². The van der Waals surface area contributed by atoms with Crippen LogP contribution in [-0.4, -0.2) is 20.4 Å². The van der Waals surface area contributed by atoms with Gasteiger partial charge in [0.1, 0.15) is 11.9 Å². The van der Waals surface area contributed by atoms with Crippen molar-refractivity contribution >= 4 is 21.6 Å². The van der Waals surface area contributed by atoms with Crippen molar-refractivity contribution in [3.8, 4) is 0 Å². The van der Waals surface area contributed by atoms with Crippen LogP contribution < -0.4 is 10.0 Å². The van der Waals surface area contributed by atoms with Gasteiger partial charge in [0.25, 0.3) is 0 Å². The quantitative estimate of drug-likeness (QED) is 0.576. The Morgan fingerprint density at radius 2 is 1.52 bits per heavy atom. The Kier molecular flexibility index (Phi) is 6.87. The molecule has 2 N–H and O–H groups in total. The first kappa shape index (κ1) is 22.7. The Morgan fingerprint density at radius 3 is 2.10 bits per heavy atom. The number of hydrogen-bond acceptors (Lipinski definition) is 3. The second-order valence-corrected chi connectivity index (χ2v) is 9.24. The molecule has 1 unspecified atom stereocenters. The minimum atomic E-state index is -3.97. The largest absolute Gasteiger partial charge is 0.325 e. The fourth-order valence-corrected chi connectivity index (χ4v) is 5.29. The van der Waals surface area contributed by atoms with E-state index in [1.54, 1.807) is 26.0 Å². The summed E-state index contributed by atoms with van der Waals surface area (Å²) in [5.74, 6) is -0.952. The van der Waals surface area contributed by atoms with Crippen LogP contribution in [0.5, 0.6) is 0 Å². The molecule has 0 saturated heterocycles. The summed E-state index contributed by atoms with van der Waals surface area (Å²) in [6, 6.07) is 17.0. The highest BCUT2D eigenvalue weighted by Gasteiger charge is 2.28. The molecule has 0 aliphatic carbocycles. The van der Waals surface area contributed by atoms with E-state index >= 15 is 0 Å². The Morgan fingerprint density at radius 1 is 0.935 bits per heavy atom. The van der Waals surface area contributed by atoms with E-state index in [1.807, 2.05) is 37.3 Å². The van der Waals surface area contributed by atoms with Crippen LogP contribution in [0, 0.1) is 26.6 Å². The lowest BCUT2D eigenvalue weighted by molar-refractivity contribution is -0.117. The zero-order valence-corrected chi connectivity index (χ0v) is 18.5. The fourth-order valence-electron chi connectivity index (χ4n) is 3.64. The summed E-state index contributed by atoms with van der Waals surface area (Å²) in [5.41, 5.74) is 3.38. The van der Waals surface area contributed by atoms with Crippen LogP contribution in [0.15, 0.2) is 71.6 Å². The Balaban J connectivity index is 1.92. The highest BCUT2D eigenvalue weighted by atomic mass is 32.2. The van der Waals surface area contributed by atoms with Gasteiger partial charge in [0, 0.05) is 5.69 Å². The number of halogens is 1. The summed E-state index contributed by atoms with van der Waals surface area (Å²) in [4.78, 5) is 13.2. The van der Waals surface area contributed by atoms with Crippen LogP contribution >= 0.6 is 0 Å². The maximum Gasteiger partial charge on any atom is 0.242 e. The van der Waals surface area contributed by atoms with Crippen molar-refractivity contribution < 1.29 is 17.6 Å². The first-order valence-corrected chi connectivity index (χ1v) is 11.3. The van der Waals surface area contributed by atoms with Gasteiger partial charge in [-0.05, 0) is 68.1 Å². The van der Waals surface area contributed by atoms with Gasteiger partial charge in [0.15, 0.2) is 0 Å². The average Bonchev–Trinajstić information content (AvgIpc) is 2.68. The van der Waals surface area contributed by atoms with Gasteiger partial charge in [-0.25, -0.2) is 12.8 Å². The molecule has 3 rings (SSSR count). The maximum absolute atomic E-state index is 13.2. The third-order valence-corrected chi connectivity index (χ3v) is 6.66. The molecule has 7 heteroatoms. The number of rotatable bonds is 7. The van der Waals surface area contributed by atoms with E-state index in [0.717, 1.165) is 11.1 Å². The molecule has 3 aromatic rings. The van der Waals surface area contributed by atoms with Crippen molar-refractivity contribution in [3.05, 3.63) is 94.8 Å². The Hall–Kier alpha value is -3.03. The van der Waals surface area contributed by atoms with E-state index in [9.17, 15) is 17.6 Å². The average molecular weight is 441 g/mol. The molecule has 0 heterocycles. The second kappa shape index (κ2) is 9.41. The van der Waals surface area contributed by atoms with Crippen LogP contribution in [0.1, 0.15) is 22.3 Å². The number of nitrogens with one attached hydrogen (secondary N) is 2. The molecule has 3 aromatic carbocycles. The standard InChI is InChI=1S/C24H25FN2O3S/c1-16-13-17(2)23(18(3)14-16)31(29,30)27-22(15-19-7-5-4-6-8-19)24(28)26-21-11-9-20(25)10-12-21/h4-14,22,27H,15H2,1-3H3,(H,26,28). The van der Waals surface area contributed by atoms with Gasteiger partial charge in [-0.15, -0.1) is 0 Å². The minimum absolute atomic E-state index is 0.164. The molecular weight excluding hydrogens is 415 g/mol. The molecule has 0 aliphatic heterocycles. The lowest BCUT2D eigenvalue weighted by Crippen LogP contribution is -2.45. The zero-order chi connectivity index (χ0) is 22.6. The van der Waals surface area contributed by atoms with E-state index in [1.165, 1.54) is 24.3 Å². The first-order chi connectivity index (χ1) is 14.7. The van der Waals surface area contributed by atoms with Crippen LogP contribution in [0.3, 0.4) is 0 Å². The molecule has 0 aliphatic rings. The Bertz CT molecular complexity index is 1150. The maximum atomic E-state index is 13.2. The molecule has 0 saturated carbocycles. The van der Waals surface area contributed by atoms with Crippen molar-refractivity contribution in [1.82, 2.24) is 4.72 Å². The monoisotopic (exact) mass is 440 g/mol. The van der Waals surface area contributed by atoms with E-state index in [0.29, 0.717) is 16.8 Å². The smallest absolute Gasteiger partial charge is 0.242 e. The number of sulfonamides is 1. The van der Waals surface area contributed by atoms with E-state index < -0.39 is 27.8 Å². The first-order valence-electron chi connectivity index (χ1n) is 9.86. The SMILES string of the molecule is Cc1cc(C)c(S(=O)(=O)NC(Cc2ccccc2)C(=O)Nc2ccc(F)cc2)c(C)c1. The van der Waals surface area contributed by atoms with Crippen LogP contribution in [0.4, 0.5) is 10.1 Å². The molecule has 0 spiro atoms. The third-order valence-electron chi connectivity index (χ3n) is 4.88. The number of amides is 1. The number of anilines is 1. The molecular formula is C24H25FN2O3S. The lowest BCUT2D eigenvalue weighted by atomic mass is 10.1. The van der Waals surface area contributed by atoms with Gasteiger partial charge in [-0.1, -0.05) is 48.0 Å². The third kappa shape index (κ3) is 5.77. The lowest BCUT2D eigenvalue weighted by Gasteiger charge is -2.20. The highest BCUT2D eigenvalue weighted by Crippen LogP contribution is 2.22. The van der Waals surface area contributed by atoms with Gasteiger partial charge in [-0.3, -0.25) is 4.79 Å². The number of hydrogen-bond donors (Lipinski definition) is 2. The van der Waals surface area contributed by atoms with Crippen molar-refractivity contribution in [2.24, 2.45) is 0 Å². The summed E-state index contributed by atoms with van der Waals surface area (Å²) in [7, 11) is -3.97. The van der Waals surface area contributed by atoms with Crippen molar-refractivity contribution in [2.45, 2.75) is 38.1 Å². The van der Waals surface area contributed by atoms with Gasteiger partial charge in [0.05, 0.1) is 4.90 Å². The van der Waals surface area contributed by atoms with Crippen molar-refractivity contribution in [1.29, 1.82) is 0 Å². The number of benzene rings is 3. The summed E-state index contributed by atoms with van der Waals surface area (Å²) < 4.78 is 42.2. The predicted octanol–water partition coefficient (Wildman–Crippen LogP) is 4.28. The van der Waals surface area contributed by atoms with Gasteiger partial charge < -0.3 is 5.32 Å². The number of carbonyl (C=O) groups is 1. The summed E-state index contributed by atoms with van der Waals surface area (Å²) in [6.07, 6.45) is 0.164. The predicted molar refractivity (Wildman–Crippen MR) is 120 cm³/mol. The Labute approximate surface area is 182 Å². The van der Waals surface area contributed by atoms with Crippen LogP contribution in [0.2, 0.25) is 0 Å². The molecule has 0 fully saturated rings. The van der Waals surface area contributed by atoms with Gasteiger partial charge >= 0.3 is 0 Å². The van der Waals surface area contributed by atoms with E-state index in [4.69, 9.17) is 0 Å². The second-order valence-electron chi connectivity index (χ2n) is 7.59. The zero-order valence-electron chi connectivity index (χ0n) is 17.6. The molecule has 162 valence electrons. The van der Waals surface area contributed by atoms with E-state index in [2.05, 4.69) is 10.0 Å². The highest BCUT2D eigenvalue weighted by molar-refractivity contribution is 7.89. The summed E-state index contributed by atoms with van der Waals surface area (Å²) in [6.45, 7) is 5.37. The summed E-state index contributed by atoms with van der Waals surface area (Å²) >= 11 is 0. The van der Waals surface area contributed by atoms with Crippen LogP contribution in [-0.2, 0) is 21.2 Å². The normalized spacial score (nSPS) is 12.4. The number of aryl methyl sites for hydroxylation is 3. The topological polar surface area (TPSA) is 75.3 Å². The van der Waals surface area contributed by atoms with Gasteiger partial charge in [-0.2, -0.15) is 4.72 Å². The van der Waals surface area contributed by atoms with Crippen LogP contribution in [0.25, 0.3) is 0 Å². The molecule has 0 bridgehead atoms. The molecule has 1 amide bonds. The summed E-state index contributed by atoms with van der Waals surface area (Å²) in [5, 5.41) is 2.67. The molecule has 1 atom stereocenters. The van der Waals surface area contributed by atoms with Crippen molar-refractivity contribution in [3.63, 3.8) is 0 Å². The molecule has 0 aromatic heterocycles. The van der Waals surface area contributed by atoms with Crippen molar-refractivity contribution in [2.75, 3.05) is 5.32 Å². The molecule has 5 nitrogen and oxygen atoms in total. The van der Waals surface area contributed by atoms with Gasteiger partial charge in [0.2, 0.25) is 15.9 Å². The fraction of sp³-hybridized carbons (Fsp3) is 0.208.